The number of hydrogen-bond donors (Lipinski definition) is 3. The lowest BCUT2D eigenvalue weighted by Crippen LogP contribution is -2.30. The molecule has 0 saturated heterocycles. The highest BCUT2D eigenvalue weighted by Crippen LogP contribution is 2.11. The van der Waals surface area contributed by atoms with E-state index in [4.69, 9.17) is 0 Å². The highest BCUT2D eigenvalue weighted by Gasteiger charge is 2.10. The Morgan fingerprint density at radius 2 is 2.27 bits per heavy atom. The molecule has 3 N–H and O–H groups in total. The van der Waals surface area contributed by atoms with Crippen LogP contribution in [0.4, 0.5) is 0 Å². The SMILES string of the molecule is CNCCNC(=O)c1cc(C(C)C)[nH]n1. The van der Waals surface area contributed by atoms with Crippen molar-refractivity contribution in [1.29, 1.82) is 0 Å². The van der Waals surface area contributed by atoms with Gasteiger partial charge in [-0.2, -0.15) is 5.10 Å². The van der Waals surface area contributed by atoms with Gasteiger partial charge in [-0.3, -0.25) is 9.89 Å². The van der Waals surface area contributed by atoms with E-state index in [0.29, 0.717) is 18.2 Å². The zero-order chi connectivity index (χ0) is 11.3. The fourth-order valence-electron chi connectivity index (χ4n) is 1.14. The van der Waals surface area contributed by atoms with Crippen molar-refractivity contribution < 1.29 is 4.79 Å². The van der Waals surface area contributed by atoms with Gasteiger partial charge in [-0.25, -0.2) is 0 Å². The van der Waals surface area contributed by atoms with Crippen molar-refractivity contribution in [2.45, 2.75) is 19.8 Å². The van der Waals surface area contributed by atoms with E-state index in [1.54, 1.807) is 6.07 Å². The molecular formula is C10H18N4O. The number of rotatable bonds is 5. The molecule has 1 heterocycles. The summed E-state index contributed by atoms with van der Waals surface area (Å²) in [4.78, 5) is 11.5. The van der Waals surface area contributed by atoms with Crippen LogP contribution in [0.5, 0.6) is 0 Å². The van der Waals surface area contributed by atoms with E-state index in [1.165, 1.54) is 0 Å². The first-order valence-corrected chi connectivity index (χ1v) is 5.13. The highest BCUT2D eigenvalue weighted by molar-refractivity contribution is 5.92. The first kappa shape index (κ1) is 11.7. The van der Waals surface area contributed by atoms with Crippen molar-refractivity contribution in [2.24, 2.45) is 0 Å². The zero-order valence-corrected chi connectivity index (χ0v) is 9.42. The van der Waals surface area contributed by atoms with Crippen LogP contribution in [-0.2, 0) is 0 Å². The second kappa shape index (κ2) is 5.50. The van der Waals surface area contributed by atoms with Crippen LogP contribution in [0, 0.1) is 0 Å². The van der Waals surface area contributed by atoms with Crippen LogP contribution in [0.2, 0.25) is 0 Å². The maximum absolute atomic E-state index is 11.5. The van der Waals surface area contributed by atoms with Crippen LogP contribution in [0.1, 0.15) is 35.9 Å². The third-order valence-electron chi connectivity index (χ3n) is 2.11. The molecule has 15 heavy (non-hydrogen) atoms. The van der Waals surface area contributed by atoms with E-state index in [-0.39, 0.29) is 5.91 Å². The molecule has 0 atom stereocenters. The van der Waals surface area contributed by atoms with Gasteiger partial charge < -0.3 is 10.6 Å². The lowest BCUT2D eigenvalue weighted by atomic mass is 10.1. The number of aromatic amines is 1. The fraction of sp³-hybridized carbons (Fsp3) is 0.600. The van der Waals surface area contributed by atoms with Crippen LogP contribution in [0.15, 0.2) is 6.07 Å². The normalized spacial score (nSPS) is 10.7. The standard InChI is InChI=1S/C10H18N4O/c1-7(2)8-6-9(14-13-8)10(15)12-5-4-11-3/h6-7,11H,4-5H2,1-3H3,(H,12,15)(H,13,14). The summed E-state index contributed by atoms with van der Waals surface area (Å²) in [5, 5.41) is 12.5. The lowest BCUT2D eigenvalue weighted by Gasteiger charge is -2.01. The number of aromatic nitrogens is 2. The topological polar surface area (TPSA) is 69.8 Å². The molecule has 0 aliphatic heterocycles. The summed E-state index contributed by atoms with van der Waals surface area (Å²) < 4.78 is 0. The molecule has 0 bridgehead atoms. The van der Waals surface area contributed by atoms with E-state index in [9.17, 15) is 4.79 Å². The predicted molar refractivity (Wildman–Crippen MR) is 58.9 cm³/mol. The molecule has 1 rings (SSSR count). The number of H-pyrrole nitrogens is 1. The van der Waals surface area contributed by atoms with Crippen LogP contribution < -0.4 is 10.6 Å². The summed E-state index contributed by atoms with van der Waals surface area (Å²) in [5.41, 5.74) is 1.43. The molecule has 0 aliphatic rings. The van der Waals surface area contributed by atoms with Gasteiger partial charge in [-0.1, -0.05) is 13.8 Å². The number of carbonyl (C=O) groups is 1. The van der Waals surface area contributed by atoms with Gasteiger partial charge in [0.15, 0.2) is 0 Å². The summed E-state index contributed by atoms with van der Waals surface area (Å²) in [6.07, 6.45) is 0. The van der Waals surface area contributed by atoms with Gasteiger partial charge in [-0.05, 0) is 19.0 Å². The van der Waals surface area contributed by atoms with Crippen molar-refractivity contribution in [3.63, 3.8) is 0 Å². The maximum Gasteiger partial charge on any atom is 0.271 e. The van der Waals surface area contributed by atoms with Gasteiger partial charge >= 0.3 is 0 Å². The molecule has 0 saturated carbocycles. The van der Waals surface area contributed by atoms with Crippen molar-refractivity contribution in [2.75, 3.05) is 20.1 Å². The minimum atomic E-state index is -0.131. The number of nitrogens with one attached hydrogen (secondary N) is 3. The highest BCUT2D eigenvalue weighted by atomic mass is 16.1. The lowest BCUT2D eigenvalue weighted by molar-refractivity contribution is 0.0949. The van der Waals surface area contributed by atoms with Crippen molar-refractivity contribution in [3.05, 3.63) is 17.5 Å². The molecule has 0 aliphatic carbocycles. The van der Waals surface area contributed by atoms with Gasteiger partial charge in [0.25, 0.3) is 5.91 Å². The van der Waals surface area contributed by atoms with Crippen LogP contribution in [0.25, 0.3) is 0 Å². The summed E-state index contributed by atoms with van der Waals surface area (Å²) in [7, 11) is 1.84. The molecule has 1 aromatic heterocycles. The molecule has 1 amide bonds. The third kappa shape index (κ3) is 3.36. The smallest absolute Gasteiger partial charge is 0.271 e. The van der Waals surface area contributed by atoms with Crippen molar-refractivity contribution >= 4 is 5.91 Å². The summed E-state index contributed by atoms with van der Waals surface area (Å²) in [6, 6.07) is 1.79. The van der Waals surface area contributed by atoms with Gasteiger partial charge in [0.1, 0.15) is 5.69 Å². The Morgan fingerprint density at radius 1 is 1.53 bits per heavy atom. The first-order valence-electron chi connectivity index (χ1n) is 5.13. The van der Waals surface area contributed by atoms with E-state index in [0.717, 1.165) is 12.2 Å². The monoisotopic (exact) mass is 210 g/mol. The fourth-order valence-corrected chi connectivity index (χ4v) is 1.14. The third-order valence-corrected chi connectivity index (χ3v) is 2.11. The summed E-state index contributed by atoms with van der Waals surface area (Å²) in [6.45, 7) is 5.47. The number of carbonyl (C=O) groups excluding carboxylic acids is 1. The molecule has 84 valence electrons. The molecule has 5 heteroatoms. The molecule has 0 radical (unpaired) electrons. The Bertz CT molecular complexity index is 319. The minimum Gasteiger partial charge on any atom is -0.349 e. The van der Waals surface area contributed by atoms with Crippen LogP contribution in [0.3, 0.4) is 0 Å². The van der Waals surface area contributed by atoms with E-state index in [2.05, 4.69) is 34.7 Å². The van der Waals surface area contributed by atoms with Crippen LogP contribution in [-0.4, -0.2) is 36.2 Å². The van der Waals surface area contributed by atoms with Crippen molar-refractivity contribution in [3.8, 4) is 0 Å². The average Bonchev–Trinajstić information content (AvgIpc) is 2.66. The molecular weight excluding hydrogens is 192 g/mol. The maximum atomic E-state index is 11.5. The minimum absolute atomic E-state index is 0.131. The van der Waals surface area contributed by atoms with E-state index < -0.39 is 0 Å². The molecule has 0 unspecified atom stereocenters. The summed E-state index contributed by atoms with van der Waals surface area (Å²) >= 11 is 0. The summed E-state index contributed by atoms with van der Waals surface area (Å²) in [5.74, 6) is 0.227. The van der Waals surface area contributed by atoms with Gasteiger partial charge in [0, 0.05) is 18.8 Å². The molecule has 0 aromatic carbocycles. The largest absolute Gasteiger partial charge is 0.349 e. The average molecular weight is 210 g/mol. The molecule has 0 fully saturated rings. The van der Waals surface area contributed by atoms with E-state index in [1.807, 2.05) is 7.05 Å². The van der Waals surface area contributed by atoms with E-state index >= 15 is 0 Å². The number of likely N-dealkylation sites (N-methyl/N-ethyl adjacent to an activating group) is 1. The van der Waals surface area contributed by atoms with Gasteiger partial charge in [-0.15, -0.1) is 0 Å². The number of nitrogens with zero attached hydrogens (tertiary/aromatic N) is 1. The quantitative estimate of drug-likeness (QED) is 0.619. The number of amides is 1. The second-order valence-electron chi connectivity index (χ2n) is 3.72. The number of hydrogen-bond acceptors (Lipinski definition) is 3. The van der Waals surface area contributed by atoms with Crippen LogP contribution >= 0.6 is 0 Å². The first-order chi connectivity index (χ1) is 7.15. The Morgan fingerprint density at radius 3 is 2.80 bits per heavy atom. The predicted octanol–water partition coefficient (Wildman–Crippen LogP) is 0.482. The Labute approximate surface area is 89.6 Å². The second-order valence-corrected chi connectivity index (χ2v) is 3.72. The Balaban J connectivity index is 2.51. The molecule has 5 nitrogen and oxygen atoms in total. The van der Waals surface area contributed by atoms with Gasteiger partial charge in [0.05, 0.1) is 0 Å². The zero-order valence-electron chi connectivity index (χ0n) is 9.42. The molecule has 0 spiro atoms. The Kier molecular flexibility index (Phi) is 4.30. The Hall–Kier alpha value is -1.36. The van der Waals surface area contributed by atoms with Gasteiger partial charge in [0.2, 0.25) is 0 Å². The molecule has 1 aromatic rings. The van der Waals surface area contributed by atoms with Crippen molar-refractivity contribution in [1.82, 2.24) is 20.8 Å².